The Morgan fingerprint density at radius 2 is 1.88 bits per heavy atom. The molecule has 3 amide bonds. The van der Waals surface area contributed by atoms with Crippen LogP contribution in [0, 0.1) is 17.2 Å². The van der Waals surface area contributed by atoms with E-state index in [0.29, 0.717) is 54.7 Å². The van der Waals surface area contributed by atoms with Crippen LogP contribution in [0.15, 0.2) is 48.7 Å². The predicted molar refractivity (Wildman–Crippen MR) is 193 cm³/mol. The first-order chi connectivity index (χ1) is 24.3. The van der Waals surface area contributed by atoms with Crippen molar-refractivity contribution in [3.05, 3.63) is 81.3 Å². The summed E-state index contributed by atoms with van der Waals surface area (Å²) in [6, 6.07) is 9.53. The molecule has 4 aliphatic rings. The summed E-state index contributed by atoms with van der Waals surface area (Å²) >= 11 is 12.8. The molecule has 3 aromatic rings. The lowest BCUT2D eigenvalue weighted by Gasteiger charge is -2.43. The van der Waals surface area contributed by atoms with Crippen LogP contribution in [0.1, 0.15) is 80.3 Å². The minimum Gasteiger partial charge on any atom is -0.495 e. The minimum absolute atomic E-state index is 0.108. The SMILES string of the molecule is COc1cc(C(N)=O)ccc1N1C(=O)[C@H]2[C@H](c3cccc(Cl)c3F)[C@]3(C(=O)Nc4cc(Cl)ncc43)[C@H](CC(C)(C)C)N2C1CCC1CCOCC1. The molecule has 3 N–H and O–H groups in total. The van der Waals surface area contributed by atoms with Gasteiger partial charge in [0.1, 0.15) is 28.2 Å². The molecule has 3 fully saturated rings. The maximum atomic E-state index is 16.5. The van der Waals surface area contributed by atoms with Gasteiger partial charge in [0.15, 0.2) is 0 Å². The summed E-state index contributed by atoms with van der Waals surface area (Å²) in [5.41, 5.74) is 5.76. The third-order valence-electron chi connectivity index (χ3n) is 11.1. The molecule has 51 heavy (non-hydrogen) atoms. The third-order valence-corrected chi connectivity index (χ3v) is 11.6. The van der Waals surface area contributed by atoms with E-state index < -0.39 is 41.3 Å². The molecule has 2 aromatic carbocycles. The number of ether oxygens (including phenoxy) is 2. The summed E-state index contributed by atoms with van der Waals surface area (Å²) < 4.78 is 28.0. The first-order valence-electron chi connectivity index (χ1n) is 17.4. The van der Waals surface area contributed by atoms with Gasteiger partial charge in [0.05, 0.1) is 24.0 Å². The number of carbonyl (C=O) groups excluding carboxylic acids is 3. The second kappa shape index (κ2) is 13.3. The molecule has 10 nitrogen and oxygen atoms in total. The molecule has 0 aliphatic carbocycles. The molecule has 1 aromatic heterocycles. The lowest BCUT2D eigenvalue weighted by atomic mass is 9.62. The third kappa shape index (κ3) is 5.86. The van der Waals surface area contributed by atoms with Crippen LogP contribution in [0.4, 0.5) is 15.8 Å². The molecule has 4 aliphatic heterocycles. The second-order valence-corrected chi connectivity index (χ2v) is 16.0. The van der Waals surface area contributed by atoms with E-state index in [2.05, 4.69) is 36.0 Å². The number of hydrogen-bond acceptors (Lipinski definition) is 7. The number of benzene rings is 2. The highest BCUT2D eigenvalue weighted by molar-refractivity contribution is 6.31. The van der Waals surface area contributed by atoms with E-state index in [0.717, 1.165) is 19.3 Å². The van der Waals surface area contributed by atoms with Gasteiger partial charge in [-0.1, -0.05) is 56.1 Å². The molecular formula is C38H42Cl2FN5O5. The summed E-state index contributed by atoms with van der Waals surface area (Å²) in [7, 11) is 1.47. The Balaban J connectivity index is 1.49. The maximum Gasteiger partial charge on any atom is 0.248 e. The normalized spacial score (nSPS) is 26.5. The van der Waals surface area contributed by atoms with Gasteiger partial charge in [-0.05, 0) is 79.3 Å². The number of primary amides is 1. The summed E-state index contributed by atoms with van der Waals surface area (Å²) in [4.78, 5) is 50.8. The molecule has 270 valence electrons. The Morgan fingerprint density at radius 1 is 1.14 bits per heavy atom. The Kier molecular flexibility index (Phi) is 9.31. The molecule has 3 saturated heterocycles. The number of hydrogen-bond donors (Lipinski definition) is 2. The van der Waals surface area contributed by atoms with E-state index in [9.17, 15) is 9.59 Å². The number of carbonyl (C=O) groups is 3. The van der Waals surface area contributed by atoms with Crippen LogP contribution >= 0.6 is 23.2 Å². The van der Waals surface area contributed by atoms with Crippen LogP contribution in [-0.4, -0.2) is 66.2 Å². The molecular weight excluding hydrogens is 696 g/mol. The van der Waals surface area contributed by atoms with Gasteiger partial charge in [-0.15, -0.1) is 0 Å². The molecule has 0 radical (unpaired) electrons. The number of rotatable bonds is 8. The van der Waals surface area contributed by atoms with Gasteiger partial charge in [0, 0.05) is 48.2 Å². The van der Waals surface area contributed by atoms with Gasteiger partial charge in [-0.2, -0.15) is 0 Å². The van der Waals surface area contributed by atoms with E-state index in [1.54, 1.807) is 41.4 Å². The molecule has 1 unspecified atom stereocenters. The topological polar surface area (TPSA) is 127 Å². The minimum atomic E-state index is -1.44. The van der Waals surface area contributed by atoms with E-state index in [-0.39, 0.29) is 38.5 Å². The summed E-state index contributed by atoms with van der Waals surface area (Å²) in [6.07, 6.45) is 4.64. The predicted octanol–water partition coefficient (Wildman–Crippen LogP) is 6.68. The lowest BCUT2D eigenvalue weighted by molar-refractivity contribution is -0.123. The summed E-state index contributed by atoms with van der Waals surface area (Å²) in [5, 5.41) is 3.14. The van der Waals surface area contributed by atoms with Crippen molar-refractivity contribution in [1.29, 1.82) is 0 Å². The average Bonchev–Trinajstić information content (AvgIpc) is 3.65. The highest BCUT2D eigenvalue weighted by Crippen LogP contribution is 2.63. The van der Waals surface area contributed by atoms with Crippen LogP contribution in [0.3, 0.4) is 0 Å². The van der Waals surface area contributed by atoms with Gasteiger partial charge in [-0.3, -0.25) is 24.2 Å². The van der Waals surface area contributed by atoms with Crippen LogP contribution in [0.5, 0.6) is 5.75 Å². The first kappa shape index (κ1) is 35.6. The number of fused-ring (bicyclic) bond motifs is 3. The van der Waals surface area contributed by atoms with Crippen molar-refractivity contribution in [1.82, 2.24) is 9.88 Å². The molecule has 0 saturated carbocycles. The Hall–Kier alpha value is -3.77. The quantitative estimate of drug-likeness (QED) is 0.247. The van der Waals surface area contributed by atoms with Crippen molar-refractivity contribution in [2.45, 2.75) is 82.5 Å². The van der Waals surface area contributed by atoms with Crippen molar-refractivity contribution in [3.63, 3.8) is 0 Å². The van der Waals surface area contributed by atoms with Gasteiger partial charge in [0.2, 0.25) is 17.7 Å². The fourth-order valence-electron chi connectivity index (χ4n) is 9.02. The molecule has 1 spiro atoms. The highest BCUT2D eigenvalue weighted by Gasteiger charge is 2.73. The number of pyridine rings is 1. The average molecular weight is 739 g/mol. The zero-order chi connectivity index (χ0) is 36.4. The molecule has 7 rings (SSSR count). The lowest BCUT2D eigenvalue weighted by Crippen LogP contribution is -2.55. The zero-order valence-electron chi connectivity index (χ0n) is 29.0. The number of amides is 3. The van der Waals surface area contributed by atoms with Gasteiger partial charge in [0.25, 0.3) is 0 Å². The van der Waals surface area contributed by atoms with Gasteiger partial charge in [-0.25, -0.2) is 9.37 Å². The van der Waals surface area contributed by atoms with Crippen LogP contribution in [0.25, 0.3) is 0 Å². The van der Waals surface area contributed by atoms with E-state index in [4.69, 9.17) is 38.4 Å². The molecule has 13 heteroatoms. The number of nitrogens with two attached hydrogens (primary N) is 1. The van der Waals surface area contributed by atoms with E-state index in [1.807, 2.05) is 0 Å². The number of nitrogens with one attached hydrogen (secondary N) is 1. The number of methoxy groups -OCH3 is 1. The first-order valence-corrected chi connectivity index (χ1v) is 18.1. The van der Waals surface area contributed by atoms with Crippen molar-refractivity contribution >= 4 is 52.3 Å². The Labute approximate surface area is 306 Å². The molecule has 5 heterocycles. The van der Waals surface area contributed by atoms with Crippen molar-refractivity contribution in [2.75, 3.05) is 30.5 Å². The summed E-state index contributed by atoms with van der Waals surface area (Å²) in [5.74, 6) is -2.32. The second-order valence-electron chi connectivity index (χ2n) is 15.2. The largest absolute Gasteiger partial charge is 0.495 e. The standard InChI is InChI=1S/C38H42Cl2FN5O5/c1-37(2,3)18-28-38(23-19-43-29(40)17-25(23)44-36(38)49)31(22-6-5-7-24(39)32(22)41)33-35(48)45(26-10-9-21(34(42)47)16-27(26)50-4)30(46(28)33)11-8-20-12-14-51-15-13-20/h5-7,9-10,16-17,19-20,28,30-31,33H,8,11-15,18H2,1-4H3,(H2,42,47)(H,44,49)/t28-,30?,31-,33+,38+/m0/s1. The fraction of sp³-hybridized carbons (Fsp3) is 0.474. The monoisotopic (exact) mass is 737 g/mol. The smallest absolute Gasteiger partial charge is 0.248 e. The Morgan fingerprint density at radius 3 is 2.57 bits per heavy atom. The van der Waals surface area contributed by atoms with Crippen molar-refractivity contribution < 1.29 is 28.2 Å². The Bertz CT molecular complexity index is 1900. The highest BCUT2D eigenvalue weighted by atomic mass is 35.5. The maximum absolute atomic E-state index is 16.5. The number of halogens is 3. The molecule has 0 bridgehead atoms. The van der Waals surface area contributed by atoms with Gasteiger partial charge < -0.3 is 20.5 Å². The van der Waals surface area contributed by atoms with Crippen LogP contribution < -0.4 is 20.7 Å². The van der Waals surface area contributed by atoms with Crippen LogP contribution in [0.2, 0.25) is 10.2 Å². The number of nitrogens with zero attached hydrogens (tertiary/aromatic N) is 3. The molecule has 5 atom stereocenters. The zero-order valence-corrected chi connectivity index (χ0v) is 30.6. The number of anilines is 2. The fourth-order valence-corrected chi connectivity index (χ4v) is 9.36. The van der Waals surface area contributed by atoms with Crippen molar-refractivity contribution in [3.8, 4) is 5.75 Å². The van der Waals surface area contributed by atoms with Crippen molar-refractivity contribution in [2.24, 2.45) is 17.1 Å². The van der Waals surface area contributed by atoms with Gasteiger partial charge >= 0.3 is 0 Å². The number of aromatic nitrogens is 1. The summed E-state index contributed by atoms with van der Waals surface area (Å²) in [6.45, 7) is 7.62. The van der Waals surface area contributed by atoms with E-state index >= 15 is 9.18 Å². The van der Waals surface area contributed by atoms with E-state index in [1.165, 1.54) is 19.2 Å². The van der Waals surface area contributed by atoms with Crippen LogP contribution in [-0.2, 0) is 19.7 Å².